The van der Waals surface area contributed by atoms with Crippen molar-refractivity contribution in [2.75, 3.05) is 5.01 Å². The molecule has 0 bridgehead atoms. The third-order valence-electron chi connectivity index (χ3n) is 5.23. The van der Waals surface area contributed by atoms with Gasteiger partial charge in [-0.05, 0) is 55.0 Å². The minimum atomic E-state index is -4.46. The van der Waals surface area contributed by atoms with Gasteiger partial charge >= 0.3 is 0 Å². The summed E-state index contributed by atoms with van der Waals surface area (Å²) >= 11 is 0. The highest BCUT2D eigenvalue weighted by molar-refractivity contribution is 7.85. The zero-order valence-corrected chi connectivity index (χ0v) is 19.2. The lowest BCUT2D eigenvalue weighted by Crippen LogP contribution is -2.21. The van der Waals surface area contributed by atoms with Crippen molar-refractivity contribution in [2.24, 2.45) is 5.10 Å². The Morgan fingerprint density at radius 3 is 2.43 bits per heavy atom. The van der Waals surface area contributed by atoms with Gasteiger partial charge in [0.2, 0.25) is 0 Å². The Hall–Kier alpha value is -4.59. The van der Waals surface area contributed by atoms with E-state index in [-0.39, 0.29) is 22.1 Å². The monoisotopic (exact) mass is 486 g/mol. The average Bonchev–Trinajstić information content (AvgIpc) is 3.13. The Morgan fingerprint density at radius 1 is 1.03 bits per heavy atom. The first-order valence-electron chi connectivity index (χ1n) is 10.3. The lowest BCUT2D eigenvalue weighted by atomic mass is 10.1. The van der Waals surface area contributed by atoms with Gasteiger partial charge in [-0.25, -0.2) is 0 Å². The standard InChI is InChI=1S/C25H18N4O5S/c1-17-22(25(31)29(27-17)19-8-3-2-4-9-19)12-5-7-18-13-14-28(24(30)23(18)16-26)20-10-6-11-21(15-20)35(32,33)34/h2-15H,1H3,(H,32,33,34). The number of benzene rings is 2. The molecule has 10 heteroatoms. The van der Waals surface area contributed by atoms with Gasteiger partial charge in [0.1, 0.15) is 11.6 Å². The first-order chi connectivity index (χ1) is 16.7. The number of aromatic nitrogens is 1. The number of rotatable bonds is 5. The Morgan fingerprint density at radius 2 is 1.74 bits per heavy atom. The topological polar surface area (TPSA) is 133 Å². The van der Waals surface area contributed by atoms with Gasteiger partial charge in [-0.15, -0.1) is 0 Å². The first-order valence-corrected chi connectivity index (χ1v) is 11.7. The van der Waals surface area contributed by atoms with Gasteiger partial charge in [0.15, 0.2) is 0 Å². The fourth-order valence-corrected chi connectivity index (χ4v) is 4.02. The highest BCUT2D eigenvalue weighted by atomic mass is 32.2. The summed E-state index contributed by atoms with van der Waals surface area (Å²) in [6, 6.07) is 17.5. The second-order valence-corrected chi connectivity index (χ2v) is 8.90. The first kappa shape index (κ1) is 23.6. The van der Waals surface area contributed by atoms with Gasteiger partial charge < -0.3 is 0 Å². The smallest absolute Gasteiger partial charge is 0.283 e. The molecule has 0 spiro atoms. The molecular formula is C25H18N4O5S. The van der Waals surface area contributed by atoms with Crippen LogP contribution in [0.1, 0.15) is 18.1 Å². The maximum atomic E-state index is 12.9. The number of nitriles is 1. The quantitative estimate of drug-likeness (QED) is 0.435. The van der Waals surface area contributed by atoms with E-state index in [0.29, 0.717) is 22.5 Å². The van der Waals surface area contributed by atoms with Crippen LogP contribution >= 0.6 is 0 Å². The molecule has 1 aliphatic rings. The van der Waals surface area contributed by atoms with E-state index in [9.17, 15) is 27.8 Å². The number of allylic oxidation sites excluding steroid dienone is 2. The summed E-state index contributed by atoms with van der Waals surface area (Å²) in [5.41, 5.74) is 1.18. The maximum absolute atomic E-state index is 12.9. The molecule has 35 heavy (non-hydrogen) atoms. The number of pyridine rings is 1. The van der Waals surface area contributed by atoms with Crippen LogP contribution in [0.25, 0.3) is 11.8 Å². The van der Waals surface area contributed by atoms with Crippen LogP contribution in [0.4, 0.5) is 5.69 Å². The van der Waals surface area contributed by atoms with Crippen molar-refractivity contribution < 1.29 is 17.8 Å². The zero-order chi connectivity index (χ0) is 25.2. The highest BCUT2D eigenvalue weighted by Crippen LogP contribution is 2.23. The summed E-state index contributed by atoms with van der Waals surface area (Å²) in [6.07, 6.45) is 6.04. The Bertz CT molecular complexity index is 1630. The number of amides is 1. The number of anilines is 1. The number of carbonyl (C=O) groups excluding carboxylic acids is 1. The average molecular weight is 487 g/mol. The van der Waals surface area contributed by atoms with Gasteiger partial charge in [0.25, 0.3) is 21.6 Å². The van der Waals surface area contributed by atoms with Crippen LogP contribution in [0.5, 0.6) is 0 Å². The largest absolute Gasteiger partial charge is 0.294 e. The molecule has 0 saturated heterocycles. The van der Waals surface area contributed by atoms with Crippen LogP contribution in [0.3, 0.4) is 0 Å². The van der Waals surface area contributed by atoms with Gasteiger partial charge in [0, 0.05) is 6.20 Å². The lowest BCUT2D eigenvalue weighted by Gasteiger charge is -2.10. The predicted octanol–water partition coefficient (Wildman–Crippen LogP) is 3.32. The summed E-state index contributed by atoms with van der Waals surface area (Å²) in [4.78, 5) is 25.3. The van der Waals surface area contributed by atoms with Crippen molar-refractivity contribution in [3.8, 4) is 11.8 Å². The molecule has 1 N–H and O–H groups in total. The van der Waals surface area contributed by atoms with Crippen molar-refractivity contribution >= 4 is 33.5 Å². The van der Waals surface area contributed by atoms with Crippen LogP contribution in [0.2, 0.25) is 0 Å². The zero-order valence-electron chi connectivity index (χ0n) is 18.4. The number of para-hydroxylation sites is 1. The van der Waals surface area contributed by atoms with Gasteiger partial charge in [-0.2, -0.15) is 23.8 Å². The van der Waals surface area contributed by atoms with E-state index in [1.54, 1.807) is 43.3 Å². The number of carbonyl (C=O) groups is 1. The van der Waals surface area contributed by atoms with Crippen LogP contribution in [0, 0.1) is 11.3 Å². The predicted molar refractivity (Wildman–Crippen MR) is 131 cm³/mol. The lowest BCUT2D eigenvalue weighted by molar-refractivity contribution is -0.114. The second-order valence-electron chi connectivity index (χ2n) is 7.48. The molecule has 0 fully saturated rings. The summed E-state index contributed by atoms with van der Waals surface area (Å²) in [6.45, 7) is 1.71. The molecule has 1 aliphatic heterocycles. The molecule has 0 radical (unpaired) electrons. The molecule has 1 amide bonds. The maximum Gasteiger partial charge on any atom is 0.294 e. The van der Waals surface area contributed by atoms with Crippen molar-refractivity contribution in [1.29, 1.82) is 5.26 Å². The number of nitrogens with zero attached hydrogens (tertiary/aromatic N) is 4. The number of hydrazone groups is 1. The molecule has 0 aliphatic carbocycles. The summed E-state index contributed by atoms with van der Waals surface area (Å²) in [5, 5.41) is 15.2. The van der Waals surface area contributed by atoms with Crippen LogP contribution in [-0.2, 0) is 14.9 Å². The molecule has 4 rings (SSSR count). The third-order valence-corrected chi connectivity index (χ3v) is 6.08. The van der Waals surface area contributed by atoms with Crippen molar-refractivity contribution in [2.45, 2.75) is 11.8 Å². The Balaban J connectivity index is 1.65. The second kappa shape index (κ2) is 9.34. The number of hydrogen-bond donors (Lipinski definition) is 1. The van der Waals surface area contributed by atoms with E-state index in [4.69, 9.17) is 0 Å². The van der Waals surface area contributed by atoms with Gasteiger partial charge in [-0.3, -0.25) is 18.7 Å². The molecule has 2 aromatic carbocycles. The number of hydrogen-bond acceptors (Lipinski definition) is 6. The molecule has 1 aromatic heterocycles. The molecule has 174 valence electrons. The van der Waals surface area contributed by atoms with E-state index >= 15 is 0 Å². The summed E-state index contributed by atoms with van der Waals surface area (Å²) in [7, 11) is -4.46. The summed E-state index contributed by atoms with van der Waals surface area (Å²) < 4.78 is 33.2. The fourth-order valence-electron chi connectivity index (χ4n) is 3.50. The van der Waals surface area contributed by atoms with E-state index in [2.05, 4.69) is 5.10 Å². The summed E-state index contributed by atoms with van der Waals surface area (Å²) in [5.74, 6) is -0.298. The highest BCUT2D eigenvalue weighted by Gasteiger charge is 2.27. The molecule has 3 aromatic rings. The van der Waals surface area contributed by atoms with Gasteiger partial charge in [0.05, 0.1) is 27.6 Å². The van der Waals surface area contributed by atoms with E-state index in [0.717, 1.165) is 10.6 Å². The molecule has 0 saturated carbocycles. The van der Waals surface area contributed by atoms with Crippen LogP contribution in [-0.4, -0.2) is 29.2 Å². The third kappa shape index (κ3) is 4.72. The molecule has 0 atom stereocenters. The Kier molecular flexibility index (Phi) is 6.29. The molecule has 9 nitrogen and oxygen atoms in total. The Labute approximate surface area is 200 Å². The van der Waals surface area contributed by atoms with E-state index in [1.807, 2.05) is 12.1 Å². The normalized spacial score (nSPS) is 15.0. The molecule has 2 heterocycles. The van der Waals surface area contributed by atoms with Gasteiger partial charge in [-0.1, -0.05) is 36.4 Å². The minimum absolute atomic E-state index is 0.170. The minimum Gasteiger partial charge on any atom is -0.283 e. The van der Waals surface area contributed by atoms with E-state index in [1.165, 1.54) is 41.5 Å². The van der Waals surface area contributed by atoms with Crippen molar-refractivity contribution in [3.05, 3.63) is 106 Å². The van der Waals surface area contributed by atoms with Crippen LogP contribution < -0.4 is 10.6 Å². The van der Waals surface area contributed by atoms with Crippen molar-refractivity contribution in [1.82, 2.24) is 4.57 Å². The van der Waals surface area contributed by atoms with Crippen LogP contribution in [0.15, 0.2) is 99.4 Å². The fraction of sp³-hybridized carbons (Fsp3) is 0.0400. The van der Waals surface area contributed by atoms with E-state index < -0.39 is 15.7 Å². The molecular weight excluding hydrogens is 468 g/mol. The van der Waals surface area contributed by atoms with Crippen molar-refractivity contribution in [3.63, 3.8) is 0 Å². The molecule has 0 unspecified atom stereocenters. The SMILES string of the molecule is CC1=NN(c2ccccc2)C(=O)C1=CC=Cc1ccn(-c2cccc(S(=O)(=O)O)c2)c(=O)c1C#N.